The van der Waals surface area contributed by atoms with Crippen molar-refractivity contribution < 1.29 is 14.4 Å². The molecule has 1 aromatic rings. The van der Waals surface area contributed by atoms with Crippen molar-refractivity contribution in [3.63, 3.8) is 0 Å². The molecule has 1 heterocycles. The zero-order chi connectivity index (χ0) is 14.3. The molecule has 11 heteroatoms. The third kappa shape index (κ3) is 5.00. The van der Waals surface area contributed by atoms with Gasteiger partial charge in [-0.1, -0.05) is 5.16 Å². The van der Waals surface area contributed by atoms with Crippen molar-refractivity contribution in [2.45, 2.75) is 32.2 Å². The predicted molar refractivity (Wildman–Crippen MR) is 66.0 cm³/mol. The van der Waals surface area contributed by atoms with Crippen molar-refractivity contribution in [2.24, 2.45) is 10.9 Å². The second-order valence-corrected chi connectivity index (χ2v) is 4.23. The van der Waals surface area contributed by atoms with E-state index in [1.807, 2.05) is 0 Å². The lowest BCUT2D eigenvalue weighted by Gasteiger charge is -2.15. The summed E-state index contributed by atoms with van der Waals surface area (Å²) in [6.07, 6.45) is -1.05. The van der Waals surface area contributed by atoms with Gasteiger partial charge >= 0.3 is 5.91 Å². The van der Waals surface area contributed by atoms with Gasteiger partial charge in [0.25, 0.3) is 0 Å². The molecule has 0 fully saturated rings. The van der Waals surface area contributed by atoms with E-state index in [-0.39, 0.29) is 13.1 Å². The summed E-state index contributed by atoms with van der Waals surface area (Å²) in [5, 5.41) is 15.1. The van der Waals surface area contributed by atoms with Gasteiger partial charge in [0.15, 0.2) is 5.82 Å². The number of hydrogen-bond donors (Lipinski definition) is 4. The van der Waals surface area contributed by atoms with Crippen LogP contribution in [0.4, 0.5) is 0 Å². The minimum absolute atomic E-state index is 0.179. The second kappa shape index (κ2) is 7.91. The Morgan fingerprint density at radius 1 is 1.68 bits per heavy atom. The fourth-order valence-corrected chi connectivity index (χ4v) is 1.76. The molecule has 106 valence electrons. The monoisotopic (exact) mass is 290 g/mol. The van der Waals surface area contributed by atoms with Crippen LogP contribution < -0.4 is 15.2 Å². The van der Waals surface area contributed by atoms with E-state index >= 15 is 0 Å². The van der Waals surface area contributed by atoms with E-state index in [0.717, 1.165) is 12.1 Å². The van der Waals surface area contributed by atoms with Crippen molar-refractivity contribution in [3.8, 4) is 0 Å². The normalized spacial score (nSPS) is 14.1. The molecule has 0 radical (unpaired) electrons. The SMILES string of the molecule is CC(O)C(NSNCc1nc(CN)no1)C(=O)N=O. The van der Waals surface area contributed by atoms with Gasteiger partial charge in [-0.05, 0) is 6.92 Å². The fraction of sp³-hybridized carbons (Fsp3) is 0.625. The Morgan fingerprint density at radius 3 is 2.95 bits per heavy atom. The molecule has 0 aliphatic carbocycles. The molecule has 10 nitrogen and oxygen atoms in total. The van der Waals surface area contributed by atoms with E-state index in [1.54, 1.807) is 0 Å². The third-order valence-electron chi connectivity index (χ3n) is 2.01. The Bertz CT molecular complexity index is 425. The molecule has 1 amide bonds. The van der Waals surface area contributed by atoms with Crippen LogP contribution in [0.25, 0.3) is 0 Å². The molecule has 0 aliphatic heterocycles. The highest BCUT2D eigenvalue weighted by Crippen LogP contribution is 2.02. The molecule has 0 aliphatic rings. The molecular formula is C8H14N6O4S. The minimum Gasteiger partial charge on any atom is -0.391 e. The van der Waals surface area contributed by atoms with Gasteiger partial charge in [0.2, 0.25) is 5.89 Å². The number of carbonyl (C=O) groups excluding carboxylic acids is 1. The summed E-state index contributed by atoms with van der Waals surface area (Å²) in [6.45, 7) is 1.77. The largest absolute Gasteiger partial charge is 0.391 e. The molecule has 0 saturated heterocycles. The summed E-state index contributed by atoms with van der Waals surface area (Å²) in [5.41, 5.74) is 5.31. The van der Waals surface area contributed by atoms with E-state index in [9.17, 15) is 14.8 Å². The first-order valence-corrected chi connectivity index (χ1v) is 6.11. The highest BCUT2D eigenvalue weighted by molar-refractivity contribution is 7.95. The molecule has 19 heavy (non-hydrogen) atoms. The first kappa shape index (κ1) is 15.7. The summed E-state index contributed by atoms with van der Waals surface area (Å²) in [6, 6.07) is -1.09. The van der Waals surface area contributed by atoms with Crippen LogP contribution in [0.3, 0.4) is 0 Å². The molecule has 1 aromatic heterocycles. The molecule has 5 N–H and O–H groups in total. The summed E-state index contributed by atoms with van der Waals surface area (Å²) in [5.74, 6) is -0.271. The first-order valence-electron chi connectivity index (χ1n) is 5.29. The smallest absolute Gasteiger partial charge is 0.306 e. The Morgan fingerprint density at radius 2 is 2.42 bits per heavy atom. The first-order chi connectivity index (χ1) is 9.08. The number of nitrogens with one attached hydrogen (secondary N) is 2. The average molecular weight is 290 g/mol. The van der Waals surface area contributed by atoms with Crippen LogP contribution in [-0.2, 0) is 17.9 Å². The number of aromatic nitrogens is 2. The van der Waals surface area contributed by atoms with Gasteiger partial charge < -0.3 is 15.4 Å². The van der Waals surface area contributed by atoms with Crippen molar-refractivity contribution in [1.29, 1.82) is 0 Å². The van der Waals surface area contributed by atoms with Gasteiger partial charge in [0.05, 0.1) is 19.2 Å². The number of aliphatic hydroxyl groups is 1. The highest BCUT2D eigenvalue weighted by atomic mass is 32.2. The van der Waals surface area contributed by atoms with Crippen LogP contribution in [0.5, 0.6) is 0 Å². The number of nitroso groups, excluding NO2 is 1. The van der Waals surface area contributed by atoms with Crippen molar-refractivity contribution in [3.05, 3.63) is 16.6 Å². The van der Waals surface area contributed by atoms with Crippen LogP contribution in [-0.4, -0.2) is 33.3 Å². The van der Waals surface area contributed by atoms with Gasteiger partial charge in [0, 0.05) is 17.3 Å². The van der Waals surface area contributed by atoms with E-state index in [1.165, 1.54) is 6.92 Å². The molecule has 2 atom stereocenters. The lowest BCUT2D eigenvalue weighted by molar-refractivity contribution is -0.121. The van der Waals surface area contributed by atoms with Crippen LogP contribution in [0, 0.1) is 4.91 Å². The lowest BCUT2D eigenvalue weighted by atomic mass is 10.2. The van der Waals surface area contributed by atoms with Gasteiger partial charge in [-0.3, -0.25) is 4.79 Å². The highest BCUT2D eigenvalue weighted by Gasteiger charge is 2.24. The van der Waals surface area contributed by atoms with Crippen molar-refractivity contribution >= 4 is 18.0 Å². The average Bonchev–Trinajstić information content (AvgIpc) is 2.85. The second-order valence-electron chi connectivity index (χ2n) is 3.50. The van der Waals surface area contributed by atoms with E-state index < -0.39 is 18.1 Å². The number of nitrogens with two attached hydrogens (primary N) is 1. The van der Waals surface area contributed by atoms with Gasteiger partial charge in [-0.15, -0.1) is 4.91 Å². The molecule has 1 rings (SSSR count). The number of carbonyl (C=O) groups is 1. The number of aliphatic hydroxyl groups excluding tert-OH is 1. The quantitative estimate of drug-likeness (QED) is 0.261. The lowest BCUT2D eigenvalue weighted by Crippen LogP contribution is -2.41. The van der Waals surface area contributed by atoms with Gasteiger partial charge in [-0.2, -0.15) is 4.98 Å². The third-order valence-corrected chi connectivity index (χ3v) is 2.67. The molecule has 0 bridgehead atoms. The zero-order valence-electron chi connectivity index (χ0n) is 10.1. The maximum absolute atomic E-state index is 11.1. The van der Waals surface area contributed by atoms with E-state index in [2.05, 4.69) is 24.8 Å². The van der Waals surface area contributed by atoms with Gasteiger partial charge in [0.1, 0.15) is 6.04 Å². The standard InChI is InChI=1S/C8H14N6O4S/c1-4(15)7(8(16)12-17)14-19-10-3-6-11-5(2-9)13-18-6/h4,7,10,14-15H,2-3,9H2,1H3. The Balaban J connectivity index is 2.32. The van der Waals surface area contributed by atoms with Gasteiger partial charge in [-0.25, -0.2) is 9.44 Å². The molecule has 0 spiro atoms. The zero-order valence-corrected chi connectivity index (χ0v) is 10.9. The Hall–Kier alpha value is -1.40. The van der Waals surface area contributed by atoms with Crippen LogP contribution in [0.2, 0.25) is 0 Å². The molecule has 0 aromatic carbocycles. The van der Waals surface area contributed by atoms with E-state index in [4.69, 9.17) is 10.3 Å². The molecular weight excluding hydrogens is 276 g/mol. The maximum atomic E-state index is 11.1. The minimum atomic E-state index is -1.09. The number of nitrogens with zero attached hydrogens (tertiary/aromatic N) is 3. The Labute approximate surface area is 112 Å². The fourth-order valence-electron chi connectivity index (χ4n) is 1.06. The number of rotatable bonds is 8. The molecule has 0 saturated carbocycles. The summed E-state index contributed by atoms with van der Waals surface area (Å²) < 4.78 is 10.2. The summed E-state index contributed by atoms with van der Waals surface area (Å²) in [7, 11) is 0. The topological polar surface area (TPSA) is 156 Å². The predicted octanol–water partition coefficient (Wildman–Crippen LogP) is -1.19. The van der Waals surface area contributed by atoms with Crippen molar-refractivity contribution in [2.75, 3.05) is 0 Å². The Kier molecular flexibility index (Phi) is 6.52. The van der Waals surface area contributed by atoms with Crippen LogP contribution in [0.1, 0.15) is 18.6 Å². The molecule has 2 unspecified atom stereocenters. The van der Waals surface area contributed by atoms with Crippen molar-refractivity contribution in [1.82, 2.24) is 19.6 Å². The van der Waals surface area contributed by atoms with Crippen LogP contribution >= 0.6 is 12.1 Å². The summed E-state index contributed by atoms with van der Waals surface area (Å²) in [4.78, 5) is 25.1. The van der Waals surface area contributed by atoms with Crippen LogP contribution in [0.15, 0.2) is 9.70 Å². The van der Waals surface area contributed by atoms with E-state index in [0.29, 0.717) is 11.7 Å². The number of hydrogen-bond acceptors (Lipinski definition) is 10. The summed E-state index contributed by atoms with van der Waals surface area (Å²) >= 11 is 0.906. The number of amides is 1. The maximum Gasteiger partial charge on any atom is 0.306 e.